The van der Waals surface area contributed by atoms with Crippen molar-refractivity contribution in [3.63, 3.8) is 0 Å². The molecule has 0 saturated heterocycles. The molecule has 4 aromatic rings. The molecule has 0 aliphatic carbocycles. The smallest absolute Gasteiger partial charge is 0.216 e. The molecule has 0 fully saturated rings. The van der Waals surface area contributed by atoms with Gasteiger partial charge in [0.2, 0.25) is 5.82 Å². The number of hydrogen-bond donors (Lipinski definition) is 3. The zero-order chi connectivity index (χ0) is 19.2. The molecule has 0 spiro atoms. The number of nitrogens with one attached hydrogen (secondary N) is 3. The van der Waals surface area contributed by atoms with Gasteiger partial charge in [-0.25, -0.2) is 9.98 Å². The minimum absolute atomic E-state index is 0. The van der Waals surface area contributed by atoms with Crippen LogP contribution in [0.3, 0.4) is 0 Å². The van der Waals surface area contributed by atoms with Crippen LogP contribution in [0.4, 0.5) is 0 Å². The van der Waals surface area contributed by atoms with Gasteiger partial charge in [-0.1, -0.05) is 6.07 Å². The lowest BCUT2D eigenvalue weighted by Crippen LogP contribution is -2.38. The zero-order valence-electron chi connectivity index (χ0n) is 15.9. The molecule has 10 nitrogen and oxygen atoms in total. The summed E-state index contributed by atoms with van der Waals surface area (Å²) in [5.41, 5.74) is 0.809. The molecule has 0 aromatic carbocycles. The lowest BCUT2D eigenvalue weighted by Gasteiger charge is -2.10. The quantitative estimate of drug-likeness (QED) is 0.199. The van der Waals surface area contributed by atoms with Crippen LogP contribution in [0.5, 0.6) is 0 Å². The van der Waals surface area contributed by atoms with Crippen molar-refractivity contribution >= 4 is 35.6 Å². The molecule has 0 atom stereocenters. The number of hydrogen-bond acceptors (Lipinski definition) is 6. The summed E-state index contributed by atoms with van der Waals surface area (Å²) in [4.78, 5) is 9.03. The molecular weight excluding hydrogens is 485 g/mol. The summed E-state index contributed by atoms with van der Waals surface area (Å²) in [7, 11) is 0. The second kappa shape index (κ2) is 10.0. The van der Waals surface area contributed by atoms with Gasteiger partial charge in [0.1, 0.15) is 12.4 Å². The highest BCUT2D eigenvalue weighted by Crippen LogP contribution is 2.14. The van der Waals surface area contributed by atoms with Crippen LogP contribution in [0, 0.1) is 0 Å². The summed E-state index contributed by atoms with van der Waals surface area (Å²) in [6.45, 7) is 3.86. The van der Waals surface area contributed by atoms with Gasteiger partial charge in [0.15, 0.2) is 23.2 Å². The van der Waals surface area contributed by atoms with E-state index < -0.39 is 0 Å². The van der Waals surface area contributed by atoms with E-state index in [1.54, 1.807) is 6.26 Å². The topological polar surface area (TPSA) is 121 Å². The number of aliphatic imine (C=N–C) groups is 1. The van der Waals surface area contributed by atoms with E-state index in [-0.39, 0.29) is 24.0 Å². The lowest BCUT2D eigenvalue weighted by molar-refractivity contribution is 0.577. The fourth-order valence-corrected chi connectivity index (χ4v) is 2.71. The molecule has 0 aliphatic rings. The predicted molar refractivity (Wildman–Crippen MR) is 119 cm³/mol. The van der Waals surface area contributed by atoms with Gasteiger partial charge in [0.25, 0.3) is 0 Å². The second-order valence-electron chi connectivity index (χ2n) is 6.00. The third-order valence-corrected chi connectivity index (χ3v) is 4.03. The molecular formula is C18H22IN9O. The highest BCUT2D eigenvalue weighted by molar-refractivity contribution is 14.0. The number of H-pyrrole nitrogens is 1. The average molecular weight is 507 g/mol. The number of halogens is 1. The average Bonchev–Trinajstić information content (AvgIpc) is 3.46. The van der Waals surface area contributed by atoms with Gasteiger partial charge in [-0.15, -0.1) is 34.2 Å². The normalized spacial score (nSPS) is 11.4. The van der Waals surface area contributed by atoms with Crippen molar-refractivity contribution in [1.29, 1.82) is 0 Å². The van der Waals surface area contributed by atoms with Crippen molar-refractivity contribution in [3.8, 4) is 11.6 Å². The van der Waals surface area contributed by atoms with Crippen LogP contribution in [0.15, 0.2) is 52.2 Å². The van der Waals surface area contributed by atoms with Crippen molar-refractivity contribution in [2.24, 2.45) is 4.99 Å². The first-order valence-electron chi connectivity index (χ1n) is 9.09. The van der Waals surface area contributed by atoms with E-state index >= 15 is 0 Å². The molecule has 4 rings (SSSR count). The fourth-order valence-electron chi connectivity index (χ4n) is 2.71. The first kappa shape index (κ1) is 20.8. The number of rotatable bonds is 7. The van der Waals surface area contributed by atoms with Crippen LogP contribution in [-0.4, -0.2) is 48.8 Å². The van der Waals surface area contributed by atoms with E-state index in [0.717, 1.165) is 23.8 Å². The van der Waals surface area contributed by atoms with Crippen LogP contribution < -0.4 is 10.6 Å². The second-order valence-corrected chi connectivity index (χ2v) is 6.00. The first-order chi connectivity index (χ1) is 13.8. The summed E-state index contributed by atoms with van der Waals surface area (Å²) in [6.07, 6.45) is 4.21. The van der Waals surface area contributed by atoms with Gasteiger partial charge in [-0.05, 0) is 31.2 Å². The third kappa shape index (κ3) is 5.10. The maximum absolute atomic E-state index is 5.30. The highest BCUT2D eigenvalue weighted by atomic mass is 127. The standard InChI is InChI=1S/C18H21N9O.HI/c1-2-19-18(21-12-16-25-24-15-7-3-4-10-27(15)16)20-9-8-14-22-17(26-23-14)13-6-5-11-28-13;/h3-7,10-11H,2,8-9,12H2,1H3,(H2,19,20,21)(H,22,23,26);1H. The monoisotopic (exact) mass is 507 g/mol. The number of furan rings is 1. The summed E-state index contributed by atoms with van der Waals surface area (Å²) in [5.74, 6) is 3.47. The number of fused-ring (bicyclic) bond motifs is 1. The Morgan fingerprint density at radius 2 is 2.14 bits per heavy atom. The van der Waals surface area contributed by atoms with E-state index in [2.05, 4.69) is 41.0 Å². The van der Waals surface area contributed by atoms with Crippen LogP contribution in [-0.2, 0) is 13.0 Å². The lowest BCUT2D eigenvalue weighted by atomic mass is 10.4. The van der Waals surface area contributed by atoms with E-state index in [1.807, 2.05) is 47.9 Å². The van der Waals surface area contributed by atoms with Crippen molar-refractivity contribution in [1.82, 2.24) is 40.4 Å². The largest absolute Gasteiger partial charge is 0.461 e. The van der Waals surface area contributed by atoms with Crippen molar-refractivity contribution < 1.29 is 4.42 Å². The van der Waals surface area contributed by atoms with Gasteiger partial charge in [0, 0.05) is 25.7 Å². The Morgan fingerprint density at radius 1 is 1.21 bits per heavy atom. The molecule has 152 valence electrons. The van der Waals surface area contributed by atoms with Crippen LogP contribution in [0.25, 0.3) is 17.2 Å². The number of aromatic amines is 1. The van der Waals surface area contributed by atoms with Crippen molar-refractivity contribution in [2.45, 2.75) is 19.9 Å². The Labute approximate surface area is 184 Å². The van der Waals surface area contributed by atoms with Crippen molar-refractivity contribution in [2.75, 3.05) is 13.1 Å². The summed E-state index contributed by atoms with van der Waals surface area (Å²) in [6, 6.07) is 9.43. The predicted octanol–water partition coefficient (Wildman–Crippen LogP) is 2.02. The minimum Gasteiger partial charge on any atom is -0.461 e. The van der Waals surface area contributed by atoms with E-state index in [1.165, 1.54) is 0 Å². The Hall–Kier alpha value is -2.96. The Morgan fingerprint density at radius 3 is 2.97 bits per heavy atom. The van der Waals surface area contributed by atoms with E-state index in [4.69, 9.17) is 4.42 Å². The SMILES string of the molecule is CCNC(=NCc1nnc2ccccn12)NCCc1nc(-c2ccco2)n[nH]1.I. The van der Waals surface area contributed by atoms with Gasteiger partial charge in [0.05, 0.1) is 6.26 Å². The Balaban J connectivity index is 0.00000240. The number of guanidine groups is 1. The van der Waals surface area contributed by atoms with Crippen molar-refractivity contribution in [3.05, 3.63) is 54.4 Å². The Kier molecular flexibility index (Phi) is 7.16. The maximum atomic E-state index is 5.30. The molecule has 0 amide bonds. The van der Waals surface area contributed by atoms with Crippen LogP contribution in [0.2, 0.25) is 0 Å². The molecule has 0 radical (unpaired) electrons. The first-order valence-corrected chi connectivity index (χ1v) is 9.09. The van der Waals surface area contributed by atoms with Gasteiger partial charge >= 0.3 is 0 Å². The van der Waals surface area contributed by atoms with Gasteiger partial charge in [-0.2, -0.15) is 5.10 Å². The molecule has 29 heavy (non-hydrogen) atoms. The summed E-state index contributed by atoms with van der Waals surface area (Å²) < 4.78 is 7.23. The summed E-state index contributed by atoms with van der Waals surface area (Å²) >= 11 is 0. The molecule has 3 N–H and O–H groups in total. The maximum Gasteiger partial charge on any atom is 0.216 e. The van der Waals surface area contributed by atoms with E-state index in [9.17, 15) is 0 Å². The molecule has 0 aliphatic heterocycles. The van der Waals surface area contributed by atoms with E-state index in [0.29, 0.717) is 37.1 Å². The van der Waals surface area contributed by atoms with Gasteiger partial charge < -0.3 is 15.1 Å². The van der Waals surface area contributed by atoms with Crippen LogP contribution >= 0.6 is 24.0 Å². The minimum atomic E-state index is 0. The Bertz CT molecular complexity index is 1050. The zero-order valence-corrected chi connectivity index (χ0v) is 18.2. The number of nitrogens with zero attached hydrogens (tertiary/aromatic N) is 6. The molecule has 0 saturated carbocycles. The molecule has 4 aromatic heterocycles. The molecule has 0 bridgehead atoms. The number of pyridine rings is 1. The van der Waals surface area contributed by atoms with Crippen LogP contribution in [0.1, 0.15) is 18.6 Å². The third-order valence-electron chi connectivity index (χ3n) is 4.03. The number of aromatic nitrogens is 6. The molecule has 0 unspecified atom stereocenters. The fraction of sp³-hybridized carbons (Fsp3) is 0.278. The highest BCUT2D eigenvalue weighted by Gasteiger charge is 2.08. The van der Waals surface area contributed by atoms with Gasteiger partial charge in [-0.3, -0.25) is 9.50 Å². The summed E-state index contributed by atoms with van der Waals surface area (Å²) in [5, 5.41) is 22.0. The molecule has 4 heterocycles. The molecule has 11 heteroatoms.